The van der Waals surface area contributed by atoms with E-state index in [0.717, 1.165) is 22.4 Å². The molecule has 134 valence electrons. The van der Waals surface area contributed by atoms with Gasteiger partial charge in [-0.2, -0.15) is 0 Å². The number of rotatable bonds is 5. The molecule has 0 saturated carbocycles. The highest BCUT2D eigenvalue weighted by Gasteiger charge is 2.19. The van der Waals surface area contributed by atoms with Gasteiger partial charge in [0, 0.05) is 0 Å². The first kappa shape index (κ1) is 19.0. The van der Waals surface area contributed by atoms with Gasteiger partial charge in [-0.3, -0.25) is 4.79 Å². The molecule has 2 aromatic carbocycles. The topological polar surface area (TPSA) is 38.3 Å². The van der Waals surface area contributed by atoms with Crippen molar-refractivity contribution in [3.05, 3.63) is 63.7 Å². The number of nitrogens with one attached hydrogen (secondary N) is 1. The van der Waals surface area contributed by atoms with E-state index >= 15 is 0 Å². The van der Waals surface area contributed by atoms with E-state index in [0.29, 0.717) is 0 Å². The van der Waals surface area contributed by atoms with Gasteiger partial charge in [-0.15, -0.1) is 0 Å². The van der Waals surface area contributed by atoms with Crippen molar-refractivity contribution in [2.24, 2.45) is 0 Å². The van der Waals surface area contributed by atoms with Crippen LogP contribution in [-0.2, 0) is 4.79 Å². The summed E-state index contributed by atoms with van der Waals surface area (Å²) in [5.74, 6) is 0.672. The Morgan fingerprint density at radius 1 is 0.920 bits per heavy atom. The molecule has 2 rings (SSSR count). The van der Waals surface area contributed by atoms with E-state index in [-0.39, 0.29) is 11.9 Å². The van der Waals surface area contributed by atoms with Crippen LogP contribution < -0.4 is 10.1 Å². The van der Waals surface area contributed by atoms with E-state index in [4.69, 9.17) is 4.74 Å². The summed E-state index contributed by atoms with van der Waals surface area (Å²) in [6.45, 7) is 14.1. The molecule has 2 aromatic rings. The second-order valence-corrected chi connectivity index (χ2v) is 7.06. The lowest BCUT2D eigenvalue weighted by molar-refractivity contribution is -0.127. The van der Waals surface area contributed by atoms with Crippen LogP contribution in [-0.4, -0.2) is 12.0 Å². The van der Waals surface area contributed by atoms with Crippen molar-refractivity contribution in [1.82, 2.24) is 5.32 Å². The predicted molar refractivity (Wildman–Crippen MR) is 103 cm³/mol. The molecule has 3 nitrogen and oxygen atoms in total. The minimum Gasteiger partial charge on any atom is -0.481 e. The minimum absolute atomic E-state index is 0.0560. The summed E-state index contributed by atoms with van der Waals surface area (Å²) in [6.07, 6.45) is -0.548. The Kier molecular flexibility index (Phi) is 5.89. The normalized spacial score (nSPS) is 13.2. The van der Waals surface area contributed by atoms with Crippen LogP contribution in [0.15, 0.2) is 30.3 Å². The Bertz CT molecular complexity index is 780. The Morgan fingerprint density at radius 3 is 2.20 bits per heavy atom. The zero-order valence-corrected chi connectivity index (χ0v) is 16.4. The van der Waals surface area contributed by atoms with E-state index in [9.17, 15) is 4.79 Å². The minimum atomic E-state index is -0.548. The maximum Gasteiger partial charge on any atom is 0.261 e. The van der Waals surface area contributed by atoms with Gasteiger partial charge < -0.3 is 10.1 Å². The second kappa shape index (κ2) is 7.73. The molecule has 1 N–H and O–H groups in total. The third kappa shape index (κ3) is 4.62. The zero-order chi connectivity index (χ0) is 18.7. The number of carbonyl (C=O) groups is 1. The highest BCUT2D eigenvalue weighted by molar-refractivity contribution is 5.81. The molecule has 1 amide bonds. The Morgan fingerprint density at radius 2 is 1.56 bits per heavy atom. The van der Waals surface area contributed by atoms with Crippen molar-refractivity contribution in [1.29, 1.82) is 0 Å². The molecule has 0 aromatic heterocycles. The van der Waals surface area contributed by atoms with Crippen LogP contribution in [0.1, 0.15) is 53.3 Å². The van der Waals surface area contributed by atoms with Gasteiger partial charge in [0.1, 0.15) is 5.75 Å². The van der Waals surface area contributed by atoms with E-state index in [1.54, 1.807) is 6.92 Å². The fraction of sp³-hybridized carbons (Fsp3) is 0.409. The first-order valence-corrected chi connectivity index (χ1v) is 8.81. The Balaban J connectivity index is 2.07. The standard InChI is InChI=1S/C22H29NO2/c1-13-8-9-20(16(4)10-13)18(6)23-22(24)19(7)25-21-12-14(2)11-15(3)17(21)5/h8-12,18-19H,1-7H3,(H,23,24)/t18-,19+/m1/s1. The average molecular weight is 339 g/mol. The lowest BCUT2D eigenvalue weighted by Crippen LogP contribution is -2.38. The van der Waals surface area contributed by atoms with Crippen LogP contribution >= 0.6 is 0 Å². The van der Waals surface area contributed by atoms with Crippen LogP contribution in [0.4, 0.5) is 0 Å². The zero-order valence-electron chi connectivity index (χ0n) is 16.4. The van der Waals surface area contributed by atoms with Crippen LogP contribution in [0.3, 0.4) is 0 Å². The molecule has 0 aliphatic heterocycles. The van der Waals surface area contributed by atoms with Gasteiger partial charge in [-0.1, -0.05) is 29.8 Å². The molecule has 0 radical (unpaired) electrons. The fourth-order valence-electron chi connectivity index (χ4n) is 3.09. The summed E-state index contributed by atoms with van der Waals surface area (Å²) in [7, 11) is 0. The summed E-state index contributed by atoms with van der Waals surface area (Å²) in [4.78, 5) is 12.6. The molecule has 2 atom stereocenters. The number of carbonyl (C=O) groups excluding carboxylic acids is 1. The Labute approximate surface area is 151 Å². The van der Waals surface area contributed by atoms with Gasteiger partial charge >= 0.3 is 0 Å². The SMILES string of the molecule is Cc1ccc([C@@H](C)NC(=O)[C@H](C)Oc2cc(C)cc(C)c2C)c(C)c1. The van der Waals surface area contributed by atoms with Gasteiger partial charge in [-0.25, -0.2) is 0 Å². The largest absolute Gasteiger partial charge is 0.481 e. The molecule has 0 unspecified atom stereocenters. The summed E-state index contributed by atoms with van der Waals surface area (Å²) >= 11 is 0. The number of ether oxygens (including phenoxy) is 1. The van der Waals surface area contributed by atoms with Gasteiger partial charge in [0.25, 0.3) is 5.91 Å². The molecule has 0 saturated heterocycles. The number of hydrogen-bond donors (Lipinski definition) is 1. The summed E-state index contributed by atoms with van der Waals surface area (Å²) in [5.41, 5.74) is 6.93. The monoisotopic (exact) mass is 339 g/mol. The Hall–Kier alpha value is -2.29. The first-order valence-electron chi connectivity index (χ1n) is 8.81. The van der Waals surface area contributed by atoms with Crippen LogP contribution in [0.25, 0.3) is 0 Å². The molecule has 25 heavy (non-hydrogen) atoms. The van der Waals surface area contributed by atoms with Crippen molar-refractivity contribution in [3.63, 3.8) is 0 Å². The highest BCUT2D eigenvalue weighted by Crippen LogP contribution is 2.25. The molecule has 3 heteroatoms. The van der Waals surface area contributed by atoms with E-state index in [1.165, 1.54) is 16.7 Å². The van der Waals surface area contributed by atoms with Crippen molar-refractivity contribution in [2.75, 3.05) is 0 Å². The third-order valence-corrected chi connectivity index (χ3v) is 4.69. The molecule has 0 heterocycles. The third-order valence-electron chi connectivity index (χ3n) is 4.69. The number of amides is 1. The maximum absolute atomic E-state index is 12.6. The van der Waals surface area contributed by atoms with E-state index in [2.05, 4.69) is 50.4 Å². The molecule has 0 fully saturated rings. The number of benzene rings is 2. The number of aryl methyl sites for hydroxylation is 4. The molecule has 0 aliphatic carbocycles. The van der Waals surface area contributed by atoms with Crippen molar-refractivity contribution in [2.45, 2.75) is 60.6 Å². The smallest absolute Gasteiger partial charge is 0.261 e. The summed E-state index contributed by atoms with van der Waals surface area (Å²) in [5, 5.41) is 3.06. The quantitative estimate of drug-likeness (QED) is 0.843. The van der Waals surface area contributed by atoms with Crippen LogP contribution in [0, 0.1) is 34.6 Å². The molecular weight excluding hydrogens is 310 g/mol. The lowest BCUT2D eigenvalue weighted by Gasteiger charge is -2.21. The van der Waals surface area contributed by atoms with Gasteiger partial charge in [0.05, 0.1) is 6.04 Å². The van der Waals surface area contributed by atoms with Gasteiger partial charge in [-0.05, 0) is 82.3 Å². The van der Waals surface area contributed by atoms with Gasteiger partial charge in [0.2, 0.25) is 0 Å². The molecule has 0 spiro atoms. The second-order valence-electron chi connectivity index (χ2n) is 7.06. The van der Waals surface area contributed by atoms with Crippen LogP contribution in [0.5, 0.6) is 5.75 Å². The first-order chi connectivity index (χ1) is 11.7. The van der Waals surface area contributed by atoms with E-state index < -0.39 is 6.10 Å². The highest BCUT2D eigenvalue weighted by atomic mass is 16.5. The fourth-order valence-corrected chi connectivity index (χ4v) is 3.09. The summed E-state index contributed by atoms with van der Waals surface area (Å²) in [6, 6.07) is 10.3. The number of hydrogen-bond acceptors (Lipinski definition) is 2. The van der Waals surface area contributed by atoms with Crippen molar-refractivity contribution in [3.8, 4) is 5.75 Å². The predicted octanol–water partition coefficient (Wildman–Crippen LogP) is 4.87. The van der Waals surface area contributed by atoms with E-state index in [1.807, 2.05) is 26.8 Å². The maximum atomic E-state index is 12.6. The molecular formula is C22H29NO2. The van der Waals surface area contributed by atoms with Crippen LogP contribution in [0.2, 0.25) is 0 Å². The summed E-state index contributed by atoms with van der Waals surface area (Å²) < 4.78 is 5.94. The lowest BCUT2D eigenvalue weighted by atomic mass is 10.00. The van der Waals surface area contributed by atoms with Crippen molar-refractivity contribution >= 4 is 5.91 Å². The van der Waals surface area contributed by atoms with Crippen molar-refractivity contribution < 1.29 is 9.53 Å². The molecule has 0 aliphatic rings. The molecule has 0 bridgehead atoms. The van der Waals surface area contributed by atoms with Gasteiger partial charge in [0.15, 0.2) is 6.10 Å². The average Bonchev–Trinajstić information content (AvgIpc) is 2.51.